The summed E-state index contributed by atoms with van der Waals surface area (Å²) in [5.74, 6) is -0.137. The van der Waals surface area contributed by atoms with Crippen LogP contribution < -0.4 is 4.31 Å². The third-order valence-corrected chi connectivity index (χ3v) is 7.92. The summed E-state index contributed by atoms with van der Waals surface area (Å²) in [6.07, 6.45) is 3.56. The number of hydrogen-bond acceptors (Lipinski definition) is 4. The minimum absolute atomic E-state index is 0.137. The van der Waals surface area contributed by atoms with Crippen molar-refractivity contribution in [1.82, 2.24) is 14.7 Å². The fourth-order valence-corrected chi connectivity index (χ4v) is 5.99. The Morgan fingerprint density at radius 3 is 2.74 bits per heavy atom. The van der Waals surface area contributed by atoms with Gasteiger partial charge in [0.15, 0.2) is 0 Å². The van der Waals surface area contributed by atoms with E-state index in [0.717, 1.165) is 23.4 Å². The molecule has 0 radical (unpaired) electrons. The molecule has 0 spiro atoms. The minimum atomic E-state index is -3.51. The normalized spacial score (nSPS) is 20.0. The third kappa shape index (κ3) is 3.01. The number of carbonyl (C=O) groups excluding carboxylic acids is 1. The van der Waals surface area contributed by atoms with Crippen LogP contribution in [0.2, 0.25) is 0 Å². The van der Waals surface area contributed by atoms with Gasteiger partial charge in [-0.25, -0.2) is 8.42 Å². The molecule has 2 aliphatic rings. The summed E-state index contributed by atoms with van der Waals surface area (Å²) in [4.78, 5) is 14.6. The molecule has 2 aromatic rings. The highest BCUT2D eigenvalue weighted by Gasteiger charge is 2.39. The molecule has 4 rings (SSSR count). The molecular formula is C19H24N4O3S. The number of amides is 1. The number of piperidine rings is 1. The van der Waals surface area contributed by atoms with Gasteiger partial charge in [-0.1, -0.05) is 18.2 Å². The van der Waals surface area contributed by atoms with Gasteiger partial charge < -0.3 is 4.90 Å². The van der Waals surface area contributed by atoms with Crippen molar-refractivity contribution in [3.05, 3.63) is 47.3 Å². The van der Waals surface area contributed by atoms with Gasteiger partial charge in [0.05, 0.1) is 22.7 Å². The van der Waals surface area contributed by atoms with Crippen molar-refractivity contribution in [3.63, 3.8) is 0 Å². The van der Waals surface area contributed by atoms with Gasteiger partial charge in [-0.2, -0.15) is 5.10 Å². The first kappa shape index (κ1) is 18.0. The van der Waals surface area contributed by atoms with Crippen LogP contribution in [0.3, 0.4) is 0 Å². The molecule has 0 bridgehead atoms. The molecule has 7 nitrogen and oxygen atoms in total. The van der Waals surface area contributed by atoms with Crippen molar-refractivity contribution in [1.29, 1.82) is 0 Å². The smallest absolute Gasteiger partial charge is 0.257 e. The van der Waals surface area contributed by atoms with Crippen LogP contribution in [0.5, 0.6) is 0 Å². The minimum Gasteiger partial charge on any atom is -0.337 e. The monoisotopic (exact) mass is 388 g/mol. The molecule has 3 heterocycles. The number of nitrogens with zero attached hydrogens (tertiary/aromatic N) is 4. The van der Waals surface area contributed by atoms with Crippen LogP contribution in [0, 0.1) is 6.92 Å². The predicted octanol–water partition coefficient (Wildman–Crippen LogP) is 1.73. The molecule has 144 valence electrons. The van der Waals surface area contributed by atoms with Crippen molar-refractivity contribution >= 4 is 21.6 Å². The van der Waals surface area contributed by atoms with E-state index in [1.165, 1.54) is 4.31 Å². The average Bonchev–Trinajstić information content (AvgIpc) is 3.26. The third-order valence-electron chi connectivity index (χ3n) is 5.70. The maximum Gasteiger partial charge on any atom is 0.257 e. The van der Waals surface area contributed by atoms with Gasteiger partial charge >= 0.3 is 0 Å². The van der Waals surface area contributed by atoms with Crippen LogP contribution in [0.25, 0.3) is 0 Å². The fraction of sp³-hybridized carbons (Fsp3) is 0.474. The van der Waals surface area contributed by atoms with Crippen molar-refractivity contribution in [2.45, 2.75) is 31.4 Å². The lowest BCUT2D eigenvalue weighted by atomic mass is 10.1. The Morgan fingerprint density at radius 2 is 2.00 bits per heavy atom. The molecule has 1 aromatic heterocycles. The second-order valence-corrected chi connectivity index (χ2v) is 9.42. The van der Waals surface area contributed by atoms with E-state index in [4.69, 9.17) is 0 Å². The molecule has 27 heavy (non-hydrogen) atoms. The summed E-state index contributed by atoms with van der Waals surface area (Å²) in [5, 5.41) is 3.56. The number of benzene rings is 1. The Hall–Kier alpha value is -2.35. The van der Waals surface area contributed by atoms with Gasteiger partial charge in [0.2, 0.25) is 10.0 Å². The molecule has 1 amide bonds. The number of rotatable bonds is 3. The molecule has 1 atom stereocenters. The first-order valence-corrected chi connectivity index (χ1v) is 10.8. The molecule has 0 aliphatic carbocycles. The van der Waals surface area contributed by atoms with Gasteiger partial charge in [-0.15, -0.1) is 0 Å². The van der Waals surface area contributed by atoms with E-state index < -0.39 is 15.3 Å². The number of carbonyl (C=O) groups is 1. The standard InChI is InChI=1S/C19H24N4O3S/c1-14-17(12-20-21(14)2)19(24)22-10-5-7-16(13-22)27(25,26)23-11-9-15-6-3-4-8-18(15)23/h3-4,6,8,12,16H,5,7,9-11,13H2,1-2H3/t16-/m1/s1. The predicted molar refractivity (Wildman–Crippen MR) is 103 cm³/mol. The largest absolute Gasteiger partial charge is 0.337 e. The molecule has 8 heteroatoms. The zero-order chi connectivity index (χ0) is 19.2. The number of sulfonamides is 1. The number of aromatic nitrogens is 2. The second kappa shape index (κ2) is 6.67. The van der Waals surface area contributed by atoms with Crippen molar-refractivity contribution in [2.24, 2.45) is 7.05 Å². The topological polar surface area (TPSA) is 75.5 Å². The Labute approximate surface area is 159 Å². The number of anilines is 1. The van der Waals surface area contributed by atoms with Crippen molar-refractivity contribution < 1.29 is 13.2 Å². The lowest BCUT2D eigenvalue weighted by Gasteiger charge is -2.35. The summed E-state index contributed by atoms with van der Waals surface area (Å²) in [7, 11) is -1.72. The van der Waals surface area contributed by atoms with E-state index >= 15 is 0 Å². The molecule has 1 fully saturated rings. The van der Waals surface area contributed by atoms with Crippen LogP contribution in [0.4, 0.5) is 5.69 Å². The zero-order valence-corrected chi connectivity index (χ0v) is 16.4. The summed E-state index contributed by atoms with van der Waals surface area (Å²) >= 11 is 0. The van der Waals surface area contributed by atoms with Gasteiger partial charge in [-0.3, -0.25) is 13.8 Å². The number of likely N-dealkylation sites (tertiary alicyclic amines) is 1. The van der Waals surface area contributed by atoms with Crippen molar-refractivity contribution in [3.8, 4) is 0 Å². The van der Waals surface area contributed by atoms with Crippen LogP contribution in [-0.4, -0.2) is 53.9 Å². The highest BCUT2D eigenvalue weighted by atomic mass is 32.2. The van der Waals surface area contributed by atoms with Gasteiger partial charge in [0, 0.05) is 32.4 Å². The maximum atomic E-state index is 13.3. The first-order chi connectivity index (χ1) is 12.9. The molecular weight excluding hydrogens is 364 g/mol. The van der Waals surface area contributed by atoms with Crippen LogP contribution in [-0.2, 0) is 23.5 Å². The van der Waals surface area contributed by atoms with Gasteiger partial charge in [0.25, 0.3) is 5.91 Å². The summed E-state index contributed by atoms with van der Waals surface area (Å²) in [5.41, 5.74) is 3.18. The van der Waals surface area contributed by atoms with E-state index in [0.29, 0.717) is 31.5 Å². The second-order valence-electron chi connectivity index (χ2n) is 7.28. The average molecular weight is 388 g/mol. The first-order valence-electron chi connectivity index (χ1n) is 9.27. The van der Waals surface area contributed by atoms with E-state index in [9.17, 15) is 13.2 Å². The highest BCUT2D eigenvalue weighted by molar-refractivity contribution is 7.93. The zero-order valence-electron chi connectivity index (χ0n) is 15.6. The maximum absolute atomic E-state index is 13.3. The summed E-state index contributed by atoms with van der Waals surface area (Å²) in [6.45, 7) is 3.14. The van der Waals surface area contributed by atoms with Crippen LogP contribution in [0.1, 0.15) is 34.5 Å². The van der Waals surface area contributed by atoms with Crippen LogP contribution in [0.15, 0.2) is 30.5 Å². The lowest BCUT2D eigenvalue weighted by molar-refractivity contribution is 0.0726. The molecule has 0 unspecified atom stereocenters. The van der Waals surface area contributed by atoms with E-state index in [-0.39, 0.29) is 12.5 Å². The lowest BCUT2D eigenvalue weighted by Crippen LogP contribution is -2.49. The van der Waals surface area contributed by atoms with Gasteiger partial charge in [0.1, 0.15) is 0 Å². The molecule has 1 saturated heterocycles. The van der Waals surface area contributed by atoms with Crippen LogP contribution >= 0.6 is 0 Å². The molecule has 0 N–H and O–H groups in total. The quantitative estimate of drug-likeness (QED) is 0.802. The molecule has 2 aliphatic heterocycles. The van der Waals surface area contributed by atoms with Gasteiger partial charge in [-0.05, 0) is 37.8 Å². The van der Waals surface area contributed by atoms with E-state index in [2.05, 4.69) is 5.10 Å². The summed E-state index contributed by atoms with van der Waals surface area (Å²) < 4.78 is 29.8. The Bertz CT molecular complexity index is 983. The number of fused-ring (bicyclic) bond motifs is 1. The van der Waals surface area contributed by atoms with Crippen molar-refractivity contribution in [2.75, 3.05) is 23.9 Å². The SMILES string of the molecule is Cc1c(C(=O)N2CCC[C@@H](S(=O)(=O)N3CCc4ccccc43)C2)cnn1C. The Kier molecular flexibility index (Phi) is 4.46. The number of para-hydroxylation sites is 1. The summed E-state index contributed by atoms with van der Waals surface area (Å²) in [6, 6.07) is 7.65. The number of aryl methyl sites for hydroxylation is 1. The molecule has 0 saturated carbocycles. The Balaban J connectivity index is 1.56. The Morgan fingerprint density at radius 1 is 1.22 bits per heavy atom. The van der Waals surface area contributed by atoms with E-state index in [1.54, 1.807) is 22.8 Å². The molecule has 1 aromatic carbocycles. The fourth-order valence-electron chi connectivity index (χ4n) is 4.00. The van der Waals surface area contributed by atoms with E-state index in [1.807, 2.05) is 31.2 Å². The highest BCUT2D eigenvalue weighted by Crippen LogP contribution is 2.33. The number of hydrogen-bond donors (Lipinski definition) is 0.